The first-order valence-corrected chi connectivity index (χ1v) is 7.09. The Bertz CT molecular complexity index is 457. The predicted molar refractivity (Wildman–Crippen MR) is 79.5 cm³/mol. The molecule has 1 saturated carbocycles. The summed E-state index contributed by atoms with van der Waals surface area (Å²) >= 11 is 2.23. The molecule has 0 bridgehead atoms. The largest absolute Gasteiger partial charge is 0.288 e. The smallest absolute Gasteiger partial charge is 0.199 e. The Hall–Kier alpha value is -0.640. The Kier molecular flexibility index (Phi) is 3.71. The third kappa shape index (κ3) is 2.62. The summed E-state index contributed by atoms with van der Waals surface area (Å²) in [6.07, 6.45) is 3.47. The van der Waals surface area contributed by atoms with Crippen LogP contribution in [0.2, 0.25) is 0 Å². The molecule has 0 spiro atoms. The van der Waals surface area contributed by atoms with E-state index in [0.29, 0.717) is 0 Å². The van der Waals surface area contributed by atoms with Crippen molar-refractivity contribution in [3.05, 3.63) is 45.0 Å². The summed E-state index contributed by atoms with van der Waals surface area (Å²) in [4.78, 5) is 12.4. The van der Waals surface area contributed by atoms with Gasteiger partial charge in [-0.2, -0.15) is 0 Å². The Balaban J connectivity index is 2.35. The van der Waals surface area contributed by atoms with Crippen molar-refractivity contribution < 1.29 is 4.79 Å². The van der Waals surface area contributed by atoms with Crippen LogP contribution in [0.15, 0.2) is 39.5 Å². The second-order valence-corrected chi connectivity index (χ2v) is 6.30. The predicted octanol–water partition coefficient (Wildman–Crippen LogP) is 4.77. The van der Waals surface area contributed by atoms with E-state index in [4.69, 9.17) is 0 Å². The summed E-state index contributed by atoms with van der Waals surface area (Å²) < 4.78 is 0.927. The highest BCUT2D eigenvalue weighted by Crippen LogP contribution is 2.45. The average molecular weight is 340 g/mol. The quantitative estimate of drug-likeness (QED) is 0.431. The van der Waals surface area contributed by atoms with Crippen LogP contribution >= 0.6 is 22.6 Å². The molecule has 1 nitrogen and oxygen atoms in total. The molecule has 2 heteroatoms. The molecule has 1 fully saturated rings. The fraction of sp³-hybridized carbons (Fsp3) is 0.400. The van der Waals surface area contributed by atoms with Gasteiger partial charge in [-0.25, -0.2) is 0 Å². The maximum Gasteiger partial charge on any atom is 0.199 e. The SMILES string of the molecule is CC1(C)CCCC1=C(I)C(=O)c1ccccc1. The van der Waals surface area contributed by atoms with Gasteiger partial charge in [0.2, 0.25) is 0 Å². The van der Waals surface area contributed by atoms with Gasteiger partial charge in [0.1, 0.15) is 0 Å². The molecule has 0 unspecified atom stereocenters. The lowest BCUT2D eigenvalue weighted by atomic mass is 9.86. The minimum atomic E-state index is 0.177. The highest BCUT2D eigenvalue weighted by molar-refractivity contribution is 14.1. The van der Waals surface area contributed by atoms with Gasteiger partial charge >= 0.3 is 0 Å². The van der Waals surface area contributed by atoms with E-state index in [0.717, 1.165) is 15.6 Å². The zero-order chi connectivity index (χ0) is 12.5. The first-order valence-electron chi connectivity index (χ1n) is 6.01. The molecular formula is C15H17IO. The molecule has 1 aliphatic carbocycles. The maximum absolute atomic E-state index is 12.4. The topological polar surface area (TPSA) is 17.1 Å². The standard InChI is InChI=1S/C15H17IO/c1-15(2)10-6-9-12(15)13(16)14(17)11-7-4-3-5-8-11/h3-5,7-8H,6,9-10H2,1-2H3. The van der Waals surface area contributed by atoms with Gasteiger partial charge in [-0.15, -0.1) is 0 Å². The number of hydrogen-bond acceptors (Lipinski definition) is 1. The number of halogens is 1. The fourth-order valence-corrected chi connectivity index (χ4v) is 3.77. The molecule has 0 amide bonds. The van der Waals surface area contributed by atoms with E-state index in [9.17, 15) is 4.79 Å². The molecule has 0 N–H and O–H groups in total. The normalized spacial score (nSPS) is 21.4. The van der Waals surface area contributed by atoms with Gasteiger partial charge in [0.05, 0.1) is 3.58 Å². The van der Waals surface area contributed by atoms with Crippen LogP contribution in [0.3, 0.4) is 0 Å². The average Bonchev–Trinajstić information content (AvgIpc) is 2.68. The van der Waals surface area contributed by atoms with Crippen LogP contribution in [-0.4, -0.2) is 5.78 Å². The van der Waals surface area contributed by atoms with E-state index in [1.54, 1.807) is 0 Å². The second-order valence-electron chi connectivity index (χ2n) is 5.23. The summed E-state index contributed by atoms with van der Waals surface area (Å²) in [5.41, 5.74) is 2.33. The summed E-state index contributed by atoms with van der Waals surface area (Å²) in [5, 5.41) is 0. The van der Waals surface area contributed by atoms with Crippen molar-refractivity contribution in [3.63, 3.8) is 0 Å². The van der Waals surface area contributed by atoms with Crippen molar-refractivity contribution in [2.24, 2.45) is 5.41 Å². The van der Waals surface area contributed by atoms with Crippen LogP contribution in [-0.2, 0) is 0 Å². The lowest BCUT2D eigenvalue weighted by Crippen LogP contribution is -2.12. The minimum Gasteiger partial charge on any atom is -0.288 e. The van der Waals surface area contributed by atoms with Crippen molar-refractivity contribution in [2.45, 2.75) is 33.1 Å². The Labute approximate surface area is 116 Å². The number of benzene rings is 1. The Morgan fingerprint density at radius 2 is 1.88 bits per heavy atom. The highest BCUT2D eigenvalue weighted by Gasteiger charge is 2.32. The number of carbonyl (C=O) groups is 1. The summed E-state index contributed by atoms with van der Waals surface area (Å²) in [6.45, 7) is 4.48. The van der Waals surface area contributed by atoms with Gasteiger partial charge in [-0.3, -0.25) is 4.79 Å². The molecule has 1 aromatic rings. The van der Waals surface area contributed by atoms with Crippen LogP contribution in [0.5, 0.6) is 0 Å². The van der Waals surface area contributed by atoms with E-state index >= 15 is 0 Å². The maximum atomic E-state index is 12.4. The molecule has 0 aromatic heterocycles. The van der Waals surface area contributed by atoms with E-state index in [-0.39, 0.29) is 11.2 Å². The third-order valence-electron chi connectivity index (χ3n) is 3.55. The number of carbonyl (C=O) groups excluding carboxylic acids is 1. The third-order valence-corrected chi connectivity index (χ3v) is 4.69. The summed E-state index contributed by atoms with van der Waals surface area (Å²) in [5.74, 6) is 0.177. The van der Waals surface area contributed by atoms with Crippen molar-refractivity contribution in [3.8, 4) is 0 Å². The lowest BCUT2D eigenvalue weighted by molar-refractivity contribution is 0.104. The van der Waals surface area contributed by atoms with Crippen molar-refractivity contribution in [1.29, 1.82) is 0 Å². The molecule has 0 heterocycles. The van der Waals surface area contributed by atoms with E-state index < -0.39 is 0 Å². The van der Waals surface area contributed by atoms with E-state index in [2.05, 4.69) is 36.4 Å². The van der Waals surface area contributed by atoms with Gasteiger partial charge in [0.15, 0.2) is 5.78 Å². The summed E-state index contributed by atoms with van der Waals surface area (Å²) in [7, 11) is 0. The van der Waals surface area contributed by atoms with Gasteiger partial charge in [0.25, 0.3) is 0 Å². The first kappa shape index (κ1) is 12.8. The molecule has 1 aliphatic rings. The monoisotopic (exact) mass is 340 g/mol. The van der Waals surface area contributed by atoms with Crippen LogP contribution in [0.1, 0.15) is 43.5 Å². The van der Waals surface area contributed by atoms with Crippen molar-refractivity contribution >= 4 is 28.4 Å². The Morgan fingerprint density at radius 3 is 2.41 bits per heavy atom. The van der Waals surface area contributed by atoms with E-state index in [1.165, 1.54) is 18.4 Å². The van der Waals surface area contributed by atoms with Gasteiger partial charge in [-0.05, 0) is 52.8 Å². The first-order chi connectivity index (χ1) is 8.02. The van der Waals surface area contributed by atoms with Crippen LogP contribution < -0.4 is 0 Å². The fourth-order valence-electron chi connectivity index (χ4n) is 2.46. The molecule has 0 radical (unpaired) electrons. The van der Waals surface area contributed by atoms with Crippen LogP contribution in [0, 0.1) is 5.41 Å². The molecule has 0 aliphatic heterocycles. The number of Topliss-reactive ketones (excluding diaryl/α,β-unsaturated/α-hetero) is 1. The van der Waals surface area contributed by atoms with Crippen LogP contribution in [0.4, 0.5) is 0 Å². The van der Waals surface area contributed by atoms with Crippen molar-refractivity contribution in [1.82, 2.24) is 0 Å². The number of hydrogen-bond donors (Lipinski definition) is 0. The molecule has 0 atom stereocenters. The molecular weight excluding hydrogens is 323 g/mol. The molecule has 2 rings (SSSR count). The second kappa shape index (κ2) is 4.92. The zero-order valence-electron chi connectivity index (χ0n) is 10.3. The molecule has 90 valence electrons. The minimum absolute atomic E-state index is 0.177. The number of rotatable bonds is 2. The van der Waals surface area contributed by atoms with Crippen LogP contribution in [0.25, 0.3) is 0 Å². The highest BCUT2D eigenvalue weighted by atomic mass is 127. The lowest BCUT2D eigenvalue weighted by Gasteiger charge is -2.21. The zero-order valence-corrected chi connectivity index (χ0v) is 12.5. The molecule has 1 aromatic carbocycles. The van der Waals surface area contributed by atoms with Crippen molar-refractivity contribution in [2.75, 3.05) is 0 Å². The van der Waals surface area contributed by atoms with Gasteiger partial charge in [-0.1, -0.05) is 44.2 Å². The molecule has 0 saturated heterocycles. The molecule has 17 heavy (non-hydrogen) atoms. The Morgan fingerprint density at radius 1 is 1.24 bits per heavy atom. The van der Waals surface area contributed by atoms with E-state index in [1.807, 2.05) is 30.3 Å². The number of allylic oxidation sites excluding steroid dienone is 2. The van der Waals surface area contributed by atoms with Gasteiger partial charge in [0, 0.05) is 5.56 Å². The summed E-state index contributed by atoms with van der Waals surface area (Å²) in [6, 6.07) is 9.56. The number of ketones is 1. The van der Waals surface area contributed by atoms with Gasteiger partial charge < -0.3 is 0 Å².